The van der Waals surface area contributed by atoms with Crippen LogP contribution in [0.15, 0.2) is 24.3 Å². The van der Waals surface area contributed by atoms with Crippen LogP contribution < -0.4 is 0 Å². The van der Waals surface area contributed by atoms with Crippen LogP contribution in [0.5, 0.6) is 0 Å². The standard InChI is InChI=1S/C14H18O/c15-14(9-10-5-6-10)13-4-2-1-3-12(13)11-7-8-11/h1-4,10-11,14-15H,5-9H2. The van der Waals surface area contributed by atoms with Crippen molar-refractivity contribution >= 4 is 0 Å². The second kappa shape index (κ2) is 3.64. The number of hydrogen-bond acceptors (Lipinski definition) is 1. The fourth-order valence-corrected chi connectivity index (χ4v) is 2.38. The molecule has 0 bridgehead atoms. The van der Waals surface area contributed by atoms with Crippen LogP contribution in [0.4, 0.5) is 0 Å². The van der Waals surface area contributed by atoms with E-state index in [0.717, 1.165) is 18.3 Å². The zero-order chi connectivity index (χ0) is 10.3. The molecule has 2 saturated carbocycles. The van der Waals surface area contributed by atoms with Crippen LogP contribution >= 0.6 is 0 Å². The van der Waals surface area contributed by atoms with Gasteiger partial charge in [0.05, 0.1) is 6.10 Å². The molecule has 0 aliphatic heterocycles. The van der Waals surface area contributed by atoms with Crippen LogP contribution in [0.3, 0.4) is 0 Å². The zero-order valence-electron chi connectivity index (χ0n) is 9.02. The largest absolute Gasteiger partial charge is 0.388 e. The van der Waals surface area contributed by atoms with Crippen LogP contribution in [0.1, 0.15) is 55.3 Å². The molecular formula is C14H18O. The minimum Gasteiger partial charge on any atom is -0.388 e. The lowest BCUT2D eigenvalue weighted by atomic mass is 9.96. The lowest BCUT2D eigenvalue weighted by molar-refractivity contribution is 0.159. The summed E-state index contributed by atoms with van der Waals surface area (Å²) in [6, 6.07) is 8.46. The monoisotopic (exact) mass is 202 g/mol. The molecule has 2 fully saturated rings. The molecule has 0 radical (unpaired) electrons. The van der Waals surface area contributed by atoms with E-state index in [-0.39, 0.29) is 6.10 Å². The van der Waals surface area contributed by atoms with Gasteiger partial charge >= 0.3 is 0 Å². The molecule has 2 aliphatic rings. The Bertz CT molecular complexity index is 350. The molecular weight excluding hydrogens is 184 g/mol. The Morgan fingerprint density at radius 1 is 1.13 bits per heavy atom. The number of benzene rings is 1. The number of rotatable bonds is 4. The molecule has 1 atom stereocenters. The summed E-state index contributed by atoms with van der Waals surface area (Å²) < 4.78 is 0. The van der Waals surface area contributed by atoms with Gasteiger partial charge < -0.3 is 5.11 Å². The molecule has 1 aromatic rings. The Hall–Kier alpha value is -0.820. The molecule has 2 aliphatic carbocycles. The lowest BCUT2D eigenvalue weighted by Crippen LogP contribution is -2.02. The fraction of sp³-hybridized carbons (Fsp3) is 0.571. The second-order valence-electron chi connectivity index (χ2n) is 5.10. The molecule has 0 saturated heterocycles. The van der Waals surface area contributed by atoms with Crippen molar-refractivity contribution in [2.75, 3.05) is 0 Å². The van der Waals surface area contributed by atoms with Crippen molar-refractivity contribution in [1.29, 1.82) is 0 Å². The maximum Gasteiger partial charge on any atom is 0.0795 e. The maximum absolute atomic E-state index is 10.2. The van der Waals surface area contributed by atoms with Crippen molar-refractivity contribution in [3.63, 3.8) is 0 Å². The molecule has 1 heteroatoms. The van der Waals surface area contributed by atoms with Crippen LogP contribution in [0.2, 0.25) is 0 Å². The summed E-state index contributed by atoms with van der Waals surface area (Å²) in [6.45, 7) is 0. The van der Waals surface area contributed by atoms with Gasteiger partial charge in [-0.3, -0.25) is 0 Å². The Balaban J connectivity index is 1.81. The Morgan fingerprint density at radius 3 is 2.53 bits per heavy atom. The first-order valence-electron chi connectivity index (χ1n) is 6.11. The third-order valence-electron chi connectivity index (χ3n) is 3.63. The van der Waals surface area contributed by atoms with E-state index < -0.39 is 0 Å². The van der Waals surface area contributed by atoms with Crippen LogP contribution in [-0.4, -0.2) is 5.11 Å². The van der Waals surface area contributed by atoms with Crippen molar-refractivity contribution in [2.45, 2.75) is 44.1 Å². The quantitative estimate of drug-likeness (QED) is 0.793. The van der Waals surface area contributed by atoms with Crippen molar-refractivity contribution in [2.24, 2.45) is 5.92 Å². The van der Waals surface area contributed by atoms with E-state index in [1.807, 2.05) is 0 Å². The van der Waals surface area contributed by atoms with Gasteiger partial charge in [-0.05, 0) is 42.2 Å². The minimum atomic E-state index is -0.214. The van der Waals surface area contributed by atoms with Crippen LogP contribution in [0.25, 0.3) is 0 Å². The normalized spacial score (nSPS) is 22.7. The topological polar surface area (TPSA) is 20.2 Å². The Kier molecular flexibility index (Phi) is 2.28. The van der Waals surface area contributed by atoms with E-state index in [9.17, 15) is 5.11 Å². The second-order valence-corrected chi connectivity index (χ2v) is 5.10. The highest BCUT2D eigenvalue weighted by Gasteiger charge is 2.30. The maximum atomic E-state index is 10.2. The minimum absolute atomic E-state index is 0.214. The Labute approximate surface area is 91.1 Å². The fourth-order valence-electron chi connectivity index (χ4n) is 2.38. The number of aliphatic hydroxyl groups excluding tert-OH is 1. The van der Waals surface area contributed by atoms with Crippen LogP contribution in [-0.2, 0) is 0 Å². The van der Waals surface area contributed by atoms with Gasteiger partial charge in [0.2, 0.25) is 0 Å². The average molecular weight is 202 g/mol. The molecule has 80 valence electrons. The molecule has 15 heavy (non-hydrogen) atoms. The molecule has 1 N–H and O–H groups in total. The molecule has 3 rings (SSSR count). The highest BCUT2D eigenvalue weighted by Crippen LogP contribution is 2.45. The van der Waals surface area contributed by atoms with Crippen molar-refractivity contribution in [3.8, 4) is 0 Å². The van der Waals surface area contributed by atoms with Crippen molar-refractivity contribution < 1.29 is 5.11 Å². The van der Waals surface area contributed by atoms with Crippen molar-refractivity contribution in [3.05, 3.63) is 35.4 Å². The number of aliphatic hydroxyl groups is 1. The highest BCUT2D eigenvalue weighted by molar-refractivity contribution is 5.34. The van der Waals surface area contributed by atoms with Gasteiger partial charge in [-0.15, -0.1) is 0 Å². The van der Waals surface area contributed by atoms with E-state index >= 15 is 0 Å². The molecule has 1 nitrogen and oxygen atoms in total. The van der Waals surface area contributed by atoms with Gasteiger partial charge in [0.1, 0.15) is 0 Å². The van der Waals surface area contributed by atoms with Crippen molar-refractivity contribution in [1.82, 2.24) is 0 Å². The third kappa shape index (κ3) is 2.07. The first-order chi connectivity index (χ1) is 7.34. The van der Waals surface area contributed by atoms with Gasteiger partial charge in [-0.25, -0.2) is 0 Å². The Morgan fingerprint density at radius 2 is 1.87 bits per heavy atom. The molecule has 0 amide bonds. The summed E-state index contributed by atoms with van der Waals surface area (Å²) in [5.41, 5.74) is 2.61. The molecule has 1 unspecified atom stereocenters. The number of hydrogen-bond donors (Lipinski definition) is 1. The van der Waals surface area contributed by atoms with Crippen LogP contribution in [0, 0.1) is 5.92 Å². The summed E-state index contributed by atoms with van der Waals surface area (Å²) in [4.78, 5) is 0. The summed E-state index contributed by atoms with van der Waals surface area (Å²) in [5.74, 6) is 1.54. The zero-order valence-corrected chi connectivity index (χ0v) is 9.02. The summed E-state index contributed by atoms with van der Waals surface area (Å²) >= 11 is 0. The first kappa shape index (κ1) is 9.41. The molecule has 1 aromatic carbocycles. The van der Waals surface area contributed by atoms with Gasteiger partial charge in [-0.1, -0.05) is 37.1 Å². The van der Waals surface area contributed by atoms with Gasteiger partial charge in [0.15, 0.2) is 0 Å². The molecule has 0 spiro atoms. The average Bonchev–Trinajstić information content (AvgIpc) is 3.12. The third-order valence-corrected chi connectivity index (χ3v) is 3.63. The molecule has 0 heterocycles. The van der Waals surface area contributed by atoms with E-state index in [2.05, 4.69) is 24.3 Å². The first-order valence-corrected chi connectivity index (χ1v) is 6.11. The summed E-state index contributed by atoms with van der Waals surface area (Å²) in [5, 5.41) is 10.2. The van der Waals surface area contributed by atoms with Gasteiger partial charge in [-0.2, -0.15) is 0 Å². The smallest absolute Gasteiger partial charge is 0.0795 e. The van der Waals surface area contributed by atoms with E-state index in [1.54, 1.807) is 0 Å². The highest BCUT2D eigenvalue weighted by atomic mass is 16.3. The van der Waals surface area contributed by atoms with Gasteiger partial charge in [0, 0.05) is 0 Å². The van der Waals surface area contributed by atoms with E-state index in [4.69, 9.17) is 0 Å². The van der Waals surface area contributed by atoms with E-state index in [1.165, 1.54) is 36.8 Å². The summed E-state index contributed by atoms with van der Waals surface area (Å²) in [6.07, 6.45) is 6.03. The van der Waals surface area contributed by atoms with Gasteiger partial charge in [0.25, 0.3) is 0 Å². The predicted octanol–water partition coefficient (Wildman–Crippen LogP) is 3.40. The molecule has 0 aromatic heterocycles. The predicted molar refractivity (Wildman–Crippen MR) is 60.7 cm³/mol. The summed E-state index contributed by atoms with van der Waals surface area (Å²) in [7, 11) is 0. The lowest BCUT2D eigenvalue weighted by Gasteiger charge is -2.14. The SMILES string of the molecule is OC(CC1CC1)c1ccccc1C1CC1. The van der Waals surface area contributed by atoms with E-state index in [0.29, 0.717) is 0 Å².